The molecule has 0 spiro atoms. The first-order valence-corrected chi connectivity index (χ1v) is 9.53. The number of morpholine rings is 1. The fraction of sp³-hybridized carbons (Fsp3) is 0.444. The highest BCUT2D eigenvalue weighted by molar-refractivity contribution is 7.10. The molecule has 2 aromatic heterocycles. The minimum atomic E-state index is -4.50. The number of rotatable bonds is 2. The Bertz CT molecular complexity index is 839. The van der Waals surface area contributed by atoms with E-state index in [9.17, 15) is 18.0 Å². The molecule has 9 heteroatoms. The number of nitrogens with zero attached hydrogens (tertiary/aromatic N) is 3. The molecule has 0 N–H and O–H groups in total. The third kappa shape index (κ3) is 3.79. The van der Waals surface area contributed by atoms with E-state index < -0.39 is 18.0 Å². The van der Waals surface area contributed by atoms with Crippen molar-refractivity contribution in [3.63, 3.8) is 0 Å². The summed E-state index contributed by atoms with van der Waals surface area (Å²) in [5.41, 5.74) is 0.629. The lowest BCUT2D eigenvalue weighted by atomic mass is 10.1. The Hall–Kier alpha value is -2.13. The fourth-order valence-corrected chi connectivity index (χ4v) is 4.33. The van der Waals surface area contributed by atoms with Crippen molar-refractivity contribution in [2.24, 2.45) is 0 Å². The number of hydrogen-bond acceptors (Lipinski definition) is 5. The van der Waals surface area contributed by atoms with Crippen molar-refractivity contribution >= 4 is 22.9 Å². The van der Waals surface area contributed by atoms with E-state index >= 15 is 0 Å². The van der Waals surface area contributed by atoms with Crippen LogP contribution >= 0.6 is 11.3 Å². The molecule has 144 valence electrons. The third-order valence-electron chi connectivity index (χ3n) is 4.86. The predicted molar refractivity (Wildman–Crippen MR) is 94.6 cm³/mol. The van der Waals surface area contributed by atoms with E-state index in [0.29, 0.717) is 25.3 Å². The second-order valence-corrected chi connectivity index (χ2v) is 7.58. The number of anilines is 1. The minimum Gasteiger partial charge on any atom is -0.366 e. The highest BCUT2D eigenvalue weighted by atomic mass is 32.1. The first-order valence-electron chi connectivity index (χ1n) is 8.65. The largest absolute Gasteiger partial charge is 0.433 e. The molecule has 0 saturated carbocycles. The van der Waals surface area contributed by atoms with Gasteiger partial charge in [0.05, 0.1) is 13.2 Å². The van der Waals surface area contributed by atoms with Crippen molar-refractivity contribution in [3.05, 3.63) is 45.9 Å². The zero-order chi connectivity index (χ0) is 19.0. The van der Waals surface area contributed by atoms with Crippen molar-refractivity contribution in [1.29, 1.82) is 0 Å². The van der Waals surface area contributed by atoms with E-state index in [0.717, 1.165) is 24.2 Å². The lowest BCUT2D eigenvalue weighted by Crippen LogP contribution is -2.52. The zero-order valence-electron chi connectivity index (χ0n) is 14.4. The smallest absolute Gasteiger partial charge is 0.366 e. The average Bonchev–Trinajstić information content (AvgIpc) is 3.15. The zero-order valence-corrected chi connectivity index (χ0v) is 15.2. The molecule has 2 aromatic rings. The van der Waals surface area contributed by atoms with E-state index in [1.807, 2.05) is 11.4 Å². The molecule has 27 heavy (non-hydrogen) atoms. The quantitative estimate of drug-likeness (QED) is 0.782. The topological polar surface area (TPSA) is 45.7 Å². The monoisotopic (exact) mass is 397 g/mol. The number of aromatic nitrogens is 1. The molecular formula is C18H18F3N3O2S. The Morgan fingerprint density at radius 3 is 2.96 bits per heavy atom. The van der Waals surface area contributed by atoms with Crippen molar-refractivity contribution in [2.45, 2.75) is 25.2 Å². The highest BCUT2D eigenvalue weighted by Crippen LogP contribution is 2.30. The van der Waals surface area contributed by atoms with E-state index in [1.54, 1.807) is 21.1 Å². The van der Waals surface area contributed by atoms with Crippen LogP contribution in [0.1, 0.15) is 16.1 Å². The van der Waals surface area contributed by atoms with Crippen LogP contribution in [0.2, 0.25) is 0 Å². The van der Waals surface area contributed by atoms with Crippen LogP contribution in [0.4, 0.5) is 18.9 Å². The van der Waals surface area contributed by atoms with Gasteiger partial charge in [-0.05, 0) is 35.6 Å². The molecule has 2 aliphatic rings. The van der Waals surface area contributed by atoms with Crippen molar-refractivity contribution in [2.75, 3.05) is 31.1 Å². The van der Waals surface area contributed by atoms with E-state index in [1.165, 1.54) is 10.9 Å². The Balaban J connectivity index is 1.46. The number of carbonyl (C=O) groups is 1. The van der Waals surface area contributed by atoms with Crippen LogP contribution < -0.4 is 4.90 Å². The van der Waals surface area contributed by atoms with Gasteiger partial charge < -0.3 is 14.5 Å². The maximum absolute atomic E-state index is 12.9. The Kier molecular flexibility index (Phi) is 4.81. The number of halogens is 3. The Labute approximate surface area is 158 Å². The van der Waals surface area contributed by atoms with Gasteiger partial charge in [0.15, 0.2) is 6.10 Å². The van der Waals surface area contributed by atoms with Crippen LogP contribution in [0.5, 0.6) is 0 Å². The molecule has 0 aliphatic carbocycles. The van der Waals surface area contributed by atoms with Gasteiger partial charge in [-0.3, -0.25) is 9.78 Å². The predicted octanol–water partition coefficient (Wildman–Crippen LogP) is 2.95. The number of thiophene rings is 1. The van der Waals surface area contributed by atoms with Gasteiger partial charge in [0, 0.05) is 36.4 Å². The molecule has 2 aliphatic heterocycles. The lowest BCUT2D eigenvalue weighted by molar-refractivity contribution is -0.145. The summed E-state index contributed by atoms with van der Waals surface area (Å²) >= 11 is 1.70. The number of alkyl halides is 3. The average molecular weight is 397 g/mol. The molecule has 0 radical (unpaired) electrons. The summed E-state index contributed by atoms with van der Waals surface area (Å²) in [6, 6.07) is 4.58. The van der Waals surface area contributed by atoms with Crippen LogP contribution in [0.25, 0.3) is 0 Å². The van der Waals surface area contributed by atoms with E-state index in [-0.39, 0.29) is 19.1 Å². The van der Waals surface area contributed by atoms with Gasteiger partial charge in [-0.1, -0.05) is 0 Å². The fourth-order valence-electron chi connectivity index (χ4n) is 3.44. The molecule has 5 nitrogen and oxygen atoms in total. The second kappa shape index (κ2) is 7.12. The molecule has 0 bridgehead atoms. The van der Waals surface area contributed by atoms with Gasteiger partial charge >= 0.3 is 6.18 Å². The third-order valence-corrected chi connectivity index (χ3v) is 5.88. The summed E-state index contributed by atoms with van der Waals surface area (Å²) in [5.74, 6) is -0.110. The first kappa shape index (κ1) is 18.2. The maximum Gasteiger partial charge on any atom is 0.433 e. The first-order chi connectivity index (χ1) is 12.9. The number of fused-ring (bicyclic) bond motifs is 1. The maximum atomic E-state index is 12.9. The van der Waals surface area contributed by atoms with E-state index in [2.05, 4.69) is 4.98 Å². The summed E-state index contributed by atoms with van der Waals surface area (Å²) in [6.07, 6.45) is -3.20. The van der Waals surface area contributed by atoms with E-state index in [4.69, 9.17) is 4.74 Å². The summed E-state index contributed by atoms with van der Waals surface area (Å²) < 4.78 is 44.4. The molecule has 1 saturated heterocycles. The number of amides is 1. The van der Waals surface area contributed by atoms with Crippen molar-refractivity contribution in [1.82, 2.24) is 9.88 Å². The number of hydrogen-bond donors (Lipinski definition) is 0. The molecule has 1 fully saturated rings. The SMILES string of the molecule is O=C(C1CN(c2ccnc(C(F)(F)F)c2)CCO1)N1CCc2sccc2C1. The summed E-state index contributed by atoms with van der Waals surface area (Å²) in [4.78, 5) is 21.1. The molecular weight excluding hydrogens is 379 g/mol. The van der Waals surface area contributed by atoms with Crippen LogP contribution in [-0.4, -0.2) is 48.1 Å². The van der Waals surface area contributed by atoms with Gasteiger partial charge in [0.2, 0.25) is 0 Å². The van der Waals surface area contributed by atoms with Gasteiger partial charge in [-0.2, -0.15) is 13.2 Å². The number of carbonyl (C=O) groups excluding carboxylic acids is 1. The normalized spacial score (nSPS) is 20.5. The summed E-state index contributed by atoms with van der Waals surface area (Å²) in [7, 11) is 0. The van der Waals surface area contributed by atoms with Crippen LogP contribution in [0.3, 0.4) is 0 Å². The standard InChI is InChI=1S/C18H18F3N3O2S/c19-18(20,21)16-9-13(1-4-22-16)23-6-7-26-14(11-23)17(25)24-5-2-15-12(10-24)3-8-27-15/h1,3-4,8-9,14H,2,5-7,10-11H2. The lowest BCUT2D eigenvalue weighted by Gasteiger charge is -2.37. The molecule has 0 aromatic carbocycles. The van der Waals surface area contributed by atoms with Crippen LogP contribution in [0.15, 0.2) is 29.8 Å². The number of ether oxygens (including phenoxy) is 1. The molecule has 1 amide bonds. The van der Waals surface area contributed by atoms with Gasteiger partial charge in [0.25, 0.3) is 5.91 Å². The van der Waals surface area contributed by atoms with Gasteiger partial charge in [-0.15, -0.1) is 11.3 Å². The highest BCUT2D eigenvalue weighted by Gasteiger charge is 2.35. The van der Waals surface area contributed by atoms with Gasteiger partial charge in [0.1, 0.15) is 5.69 Å². The van der Waals surface area contributed by atoms with Gasteiger partial charge in [-0.25, -0.2) is 0 Å². The van der Waals surface area contributed by atoms with Crippen LogP contribution in [0, 0.1) is 0 Å². The Morgan fingerprint density at radius 2 is 2.15 bits per heavy atom. The Morgan fingerprint density at radius 1 is 1.30 bits per heavy atom. The minimum absolute atomic E-state index is 0.110. The van der Waals surface area contributed by atoms with Crippen molar-refractivity contribution in [3.8, 4) is 0 Å². The molecule has 4 rings (SSSR count). The molecule has 1 atom stereocenters. The number of pyridine rings is 1. The van der Waals surface area contributed by atoms with Crippen molar-refractivity contribution < 1.29 is 22.7 Å². The molecule has 4 heterocycles. The summed E-state index contributed by atoms with van der Waals surface area (Å²) in [6.45, 7) is 2.15. The summed E-state index contributed by atoms with van der Waals surface area (Å²) in [5, 5.41) is 2.03. The second-order valence-electron chi connectivity index (χ2n) is 6.58. The molecule has 1 unspecified atom stereocenters. The van der Waals surface area contributed by atoms with Crippen LogP contribution in [-0.2, 0) is 28.7 Å².